The van der Waals surface area contributed by atoms with Crippen molar-refractivity contribution in [3.8, 4) is 0 Å². The summed E-state index contributed by atoms with van der Waals surface area (Å²) in [6.07, 6.45) is 1.13. The number of hydrogen-bond acceptors (Lipinski definition) is 3. The average molecular weight is 364 g/mol. The van der Waals surface area contributed by atoms with E-state index in [2.05, 4.69) is 15.9 Å². The third-order valence-corrected chi connectivity index (χ3v) is 6.66. The van der Waals surface area contributed by atoms with Gasteiger partial charge in [-0.1, -0.05) is 15.9 Å². The molecule has 1 aromatic carbocycles. The molecule has 3 unspecified atom stereocenters. The molecule has 0 aromatic heterocycles. The first-order chi connectivity index (χ1) is 9.39. The first-order valence-electron chi connectivity index (χ1n) is 6.53. The molecule has 2 fully saturated rings. The third-order valence-electron chi connectivity index (χ3n) is 4.30. The van der Waals surface area contributed by atoms with Crippen LogP contribution in [0.15, 0.2) is 27.6 Å². The van der Waals surface area contributed by atoms with E-state index in [4.69, 9.17) is 0 Å². The highest BCUT2D eigenvalue weighted by molar-refractivity contribution is 9.10. The molecule has 3 atom stereocenters. The van der Waals surface area contributed by atoms with E-state index in [0.717, 1.165) is 18.9 Å². The van der Waals surface area contributed by atoms with Crippen LogP contribution in [0.5, 0.6) is 0 Å². The zero-order valence-corrected chi connectivity index (χ0v) is 13.1. The van der Waals surface area contributed by atoms with E-state index in [0.29, 0.717) is 11.0 Å². The molecule has 1 aromatic rings. The highest BCUT2D eigenvalue weighted by Crippen LogP contribution is 2.40. The summed E-state index contributed by atoms with van der Waals surface area (Å²) in [6, 6.07) is 3.94. The summed E-state index contributed by atoms with van der Waals surface area (Å²) in [5, 5.41) is 9.84. The number of fused-ring (bicyclic) bond motifs is 1. The molecule has 1 heterocycles. The maximum absolute atomic E-state index is 13.9. The van der Waals surface area contributed by atoms with Crippen molar-refractivity contribution >= 4 is 26.0 Å². The van der Waals surface area contributed by atoms with Crippen LogP contribution in [0, 0.1) is 17.7 Å². The van der Waals surface area contributed by atoms with Crippen molar-refractivity contribution in [2.45, 2.75) is 23.8 Å². The molecular weight excluding hydrogens is 349 g/mol. The van der Waals surface area contributed by atoms with E-state index in [-0.39, 0.29) is 23.3 Å². The summed E-state index contributed by atoms with van der Waals surface area (Å²) in [6.45, 7) is 0.656. The number of benzene rings is 1. The molecule has 20 heavy (non-hydrogen) atoms. The molecule has 1 saturated carbocycles. The Hall–Kier alpha value is -0.500. The van der Waals surface area contributed by atoms with Crippen molar-refractivity contribution in [2.24, 2.45) is 11.8 Å². The Kier molecular flexibility index (Phi) is 3.64. The van der Waals surface area contributed by atoms with Crippen LogP contribution >= 0.6 is 15.9 Å². The SMILES string of the molecule is O=S(=O)(c1ccc(Br)cc1F)N1CC2CCC(O)C2C1. The predicted octanol–water partition coefficient (Wildman–Crippen LogP) is 1.98. The van der Waals surface area contributed by atoms with Crippen molar-refractivity contribution in [2.75, 3.05) is 13.1 Å². The Bertz CT molecular complexity index is 637. The smallest absolute Gasteiger partial charge is 0.246 e. The normalized spacial score (nSPS) is 30.6. The van der Waals surface area contributed by atoms with Gasteiger partial charge in [0.15, 0.2) is 0 Å². The number of aliphatic hydroxyl groups is 1. The van der Waals surface area contributed by atoms with Crippen molar-refractivity contribution in [3.63, 3.8) is 0 Å². The molecule has 1 saturated heterocycles. The van der Waals surface area contributed by atoms with Gasteiger partial charge in [0.2, 0.25) is 10.0 Å². The standard InChI is InChI=1S/C13H15BrFNO3S/c14-9-2-4-13(11(15)5-9)20(18,19)16-6-8-1-3-12(17)10(8)7-16/h2,4-5,8,10,12,17H,1,3,6-7H2. The fourth-order valence-corrected chi connectivity index (χ4v) is 5.13. The van der Waals surface area contributed by atoms with Gasteiger partial charge in [-0.15, -0.1) is 0 Å². The summed E-state index contributed by atoms with van der Waals surface area (Å²) < 4.78 is 40.7. The van der Waals surface area contributed by atoms with E-state index in [1.807, 2.05) is 0 Å². The average Bonchev–Trinajstić information content (AvgIpc) is 2.92. The highest BCUT2D eigenvalue weighted by Gasteiger charge is 2.46. The van der Waals surface area contributed by atoms with Gasteiger partial charge in [0.05, 0.1) is 6.10 Å². The second kappa shape index (κ2) is 5.05. The largest absolute Gasteiger partial charge is 0.393 e. The summed E-state index contributed by atoms with van der Waals surface area (Å²) in [5.74, 6) is -0.571. The third kappa shape index (κ3) is 2.30. The summed E-state index contributed by atoms with van der Waals surface area (Å²) >= 11 is 3.11. The fraction of sp³-hybridized carbons (Fsp3) is 0.538. The van der Waals surface area contributed by atoms with Crippen LogP contribution in [0.1, 0.15) is 12.8 Å². The molecule has 1 N–H and O–H groups in total. The first-order valence-corrected chi connectivity index (χ1v) is 8.76. The zero-order chi connectivity index (χ0) is 14.5. The Morgan fingerprint density at radius 1 is 1.30 bits per heavy atom. The fourth-order valence-electron chi connectivity index (χ4n) is 3.22. The van der Waals surface area contributed by atoms with E-state index >= 15 is 0 Å². The van der Waals surface area contributed by atoms with Crippen LogP contribution in [0.3, 0.4) is 0 Å². The van der Waals surface area contributed by atoms with E-state index in [9.17, 15) is 17.9 Å². The maximum Gasteiger partial charge on any atom is 0.246 e. The minimum Gasteiger partial charge on any atom is -0.393 e. The molecule has 1 aliphatic heterocycles. The van der Waals surface area contributed by atoms with Crippen LogP contribution < -0.4 is 0 Å². The minimum absolute atomic E-state index is 0.0108. The van der Waals surface area contributed by atoms with Gasteiger partial charge in [-0.05, 0) is 37.0 Å². The van der Waals surface area contributed by atoms with Crippen molar-refractivity contribution in [3.05, 3.63) is 28.5 Å². The number of hydrogen-bond donors (Lipinski definition) is 1. The molecule has 4 nitrogen and oxygen atoms in total. The monoisotopic (exact) mass is 363 g/mol. The lowest BCUT2D eigenvalue weighted by molar-refractivity contribution is 0.129. The maximum atomic E-state index is 13.9. The lowest BCUT2D eigenvalue weighted by Crippen LogP contribution is -2.31. The van der Waals surface area contributed by atoms with Crippen molar-refractivity contribution in [1.29, 1.82) is 0 Å². The first kappa shape index (κ1) is 14.4. The number of nitrogens with zero attached hydrogens (tertiary/aromatic N) is 1. The summed E-state index contributed by atoms with van der Waals surface area (Å²) in [4.78, 5) is -0.296. The van der Waals surface area contributed by atoms with E-state index in [1.54, 1.807) is 0 Å². The molecule has 110 valence electrons. The molecule has 2 aliphatic rings. The molecule has 7 heteroatoms. The van der Waals surface area contributed by atoms with Gasteiger partial charge in [-0.25, -0.2) is 12.8 Å². The van der Waals surface area contributed by atoms with E-state index < -0.39 is 21.9 Å². The Labute approximate surface area is 125 Å². The molecule has 0 amide bonds. The summed E-state index contributed by atoms with van der Waals surface area (Å²) in [7, 11) is -3.83. The van der Waals surface area contributed by atoms with Crippen LogP contribution in [0.25, 0.3) is 0 Å². The van der Waals surface area contributed by atoms with E-state index in [1.165, 1.54) is 16.4 Å². The molecule has 0 spiro atoms. The Morgan fingerprint density at radius 2 is 2.05 bits per heavy atom. The number of halogens is 2. The van der Waals surface area contributed by atoms with Gasteiger partial charge in [0, 0.05) is 23.5 Å². The highest BCUT2D eigenvalue weighted by atomic mass is 79.9. The topological polar surface area (TPSA) is 57.6 Å². The lowest BCUT2D eigenvalue weighted by atomic mass is 10.00. The van der Waals surface area contributed by atoms with Gasteiger partial charge < -0.3 is 5.11 Å². The van der Waals surface area contributed by atoms with Crippen molar-refractivity contribution in [1.82, 2.24) is 4.31 Å². The Morgan fingerprint density at radius 3 is 2.70 bits per heavy atom. The number of rotatable bonds is 2. The zero-order valence-electron chi connectivity index (χ0n) is 10.7. The number of sulfonamides is 1. The van der Waals surface area contributed by atoms with Gasteiger partial charge in [0.1, 0.15) is 10.7 Å². The second-order valence-electron chi connectivity index (χ2n) is 5.47. The summed E-state index contributed by atoms with van der Waals surface area (Å²) in [5.41, 5.74) is 0. The van der Waals surface area contributed by atoms with Crippen molar-refractivity contribution < 1.29 is 17.9 Å². The molecule has 3 rings (SSSR count). The van der Waals surface area contributed by atoms with Gasteiger partial charge in [-0.2, -0.15) is 4.31 Å². The van der Waals surface area contributed by atoms with Gasteiger partial charge in [0.25, 0.3) is 0 Å². The molecular formula is C13H15BrFNO3S. The Balaban J connectivity index is 1.90. The van der Waals surface area contributed by atoms with Gasteiger partial charge >= 0.3 is 0 Å². The minimum atomic E-state index is -3.83. The quantitative estimate of drug-likeness (QED) is 0.873. The molecule has 1 aliphatic carbocycles. The molecule has 0 bridgehead atoms. The molecule has 0 radical (unpaired) electrons. The predicted molar refractivity (Wildman–Crippen MR) is 75.1 cm³/mol. The number of aliphatic hydroxyl groups excluding tert-OH is 1. The van der Waals surface area contributed by atoms with Crippen LogP contribution in [0.2, 0.25) is 0 Å². The van der Waals surface area contributed by atoms with Crippen LogP contribution in [-0.4, -0.2) is 37.0 Å². The van der Waals surface area contributed by atoms with Gasteiger partial charge in [-0.3, -0.25) is 0 Å². The van der Waals surface area contributed by atoms with Crippen LogP contribution in [0.4, 0.5) is 4.39 Å². The lowest BCUT2D eigenvalue weighted by Gasteiger charge is -2.18. The second-order valence-corrected chi connectivity index (χ2v) is 8.29. The van der Waals surface area contributed by atoms with Crippen LogP contribution in [-0.2, 0) is 10.0 Å².